The first-order valence-electron chi connectivity index (χ1n) is 4.89. The first-order valence-corrected chi connectivity index (χ1v) is 6.37. The van der Waals surface area contributed by atoms with Crippen LogP contribution in [0, 0.1) is 0 Å². The zero-order valence-corrected chi connectivity index (χ0v) is 9.98. The molecule has 7 heteroatoms. The van der Waals surface area contributed by atoms with Gasteiger partial charge in [-0.2, -0.15) is 5.10 Å². The smallest absolute Gasteiger partial charge is 0.242 e. The van der Waals surface area contributed by atoms with Crippen molar-refractivity contribution < 1.29 is 8.42 Å². The largest absolute Gasteiger partial charge is 0.382 e. The summed E-state index contributed by atoms with van der Waals surface area (Å²) in [5, 5.41) is 3.99. The van der Waals surface area contributed by atoms with Gasteiger partial charge in [0.1, 0.15) is 10.7 Å². The quantitative estimate of drug-likeness (QED) is 0.825. The van der Waals surface area contributed by atoms with Gasteiger partial charge in [-0.1, -0.05) is 12.1 Å². The van der Waals surface area contributed by atoms with Gasteiger partial charge in [-0.25, -0.2) is 17.8 Å². The number of nitrogens with zero attached hydrogens (tertiary/aromatic N) is 2. The van der Waals surface area contributed by atoms with Gasteiger partial charge in [-0.3, -0.25) is 0 Å². The number of nitrogen functional groups attached to an aromatic ring is 1. The maximum Gasteiger partial charge on any atom is 0.242 e. The molecule has 17 heavy (non-hydrogen) atoms. The van der Waals surface area contributed by atoms with Gasteiger partial charge in [0, 0.05) is 12.3 Å². The minimum Gasteiger partial charge on any atom is -0.382 e. The van der Waals surface area contributed by atoms with Crippen molar-refractivity contribution in [1.29, 1.82) is 0 Å². The van der Waals surface area contributed by atoms with Crippen molar-refractivity contribution in [2.24, 2.45) is 0 Å². The first-order chi connectivity index (χ1) is 8.04. The monoisotopic (exact) mass is 252 g/mol. The Labute approximate surface area is 99.1 Å². The molecule has 2 rings (SSSR count). The number of hydrogen-bond acceptors (Lipinski definition) is 4. The van der Waals surface area contributed by atoms with Crippen molar-refractivity contribution in [2.45, 2.75) is 4.90 Å². The second-order valence-corrected chi connectivity index (χ2v) is 5.22. The van der Waals surface area contributed by atoms with Crippen LogP contribution in [0.15, 0.2) is 41.4 Å². The van der Waals surface area contributed by atoms with E-state index in [0.717, 1.165) is 0 Å². The molecule has 0 bridgehead atoms. The molecular weight excluding hydrogens is 240 g/mol. The van der Waals surface area contributed by atoms with Crippen LogP contribution in [0.4, 0.5) is 5.82 Å². The second kappa shape index (κ2) is 4.19. The minimum atomic E-state index is -3.52. The summed E-state index contributed by atoms with van der Waals surface area (Å²) in [6.07, 6.45) is 1.61. The van der Waals surface area contributed by atoms with Crippen molar-refractivity contribution in [3.63, 3.8) is 0 Å². The fraction of sp³-hybridized carbons (Fsp3) is 0.100. The van der Waals surface area contributed by atoms with E-state index in [0.29, 0.717) is 11.5 Å². The fourth-order valence-electron chi connectivity index (χ4n) is 1.46. The Hall–Kier alpha value is -1.86. The number of nitrogens with one attached hydrogen (secondary N) is 1. The Balaban J connectivity index is 2.64. The summed E-state index contributed by atoms with van der Waals surface area (Å²) in [7, 11) is -2.15. The van der Waals surface area contributed by atoms with Crippen LogP contribution in [-0.4, -0.2) is 25.2 Å². The van der Waals surface area contributed by atoms with Crippen LogP contribution in [0.2, 0.25) is 0 Å². The highest BCUT2D eigenvalue weighted by Gasteiger charge is 2.17. The molecule has 0 saturated heterocycles. The highest BCUT2D eigenvalue weighted by atomic mass is 32.2. The normalized spacial score (nSPS) is 11.6. The summed E-state index contributed by atoms with van der Waals surface area (Å²) in [5.74, 6) is 0.335. The molecule has 1 aromatic heterocycles. The molecular formula is C10H12N4O2S. The third-order valence-electron chi connectivity index (χ3n) is 2.28. The van der Waals surface area contributed by atoms with Gasteiger partial charge in [0.2, 0.25) is 10.0 Å². The zero-order valence-electron chi connectivity index (χ0n) is 9.16. The molecule has 0 amide bonds. The number of rotatable bonds is 3. The van der Waals surface area contributed by atoms with E-state index in [4.69, 9.17) is 5.73 Å². The number of benzene rings is 1. The maximum atomic E-state index is 11.8. The topological polar surface area (TPSA) is 90.0 Å². The molecule has 0 unspecified atom stereocenters. The Morgan fingerprint density at radius 1 is 1.29 bits per heavy atom. The average molecular weight is 252 g/mol. The minimum absolute atomic E-state index is 0.158. The number of aromatic nitrogens is 2. The van der Waals surface area contributed by atoms with Crippen LogP contribution in [0.1, 0.15) is 0 Å². The van der Waals surface area contributed by atoms with E-state index >= 15 is 0 Å². The van der Waals surface area contributed by atoms with Crippen LogP contribution >= 0.6 is 0 Å². The lowest BCUT2D eigenvalue weighted by Crippen LogP contribution is -2.20. The molecule has 0 saturated carbocycles. The summed E-state index contributed by atoms with van der Waals surface area (Å²) in [4.78, 5) is 0.158. The number of sulfonamides is 1. The third-order valence-corrected chi connectivity index (χ3v) is 3.74. The van der Waals surface area contributed by atoms with Crippen LogP contribution in [0.5, 0.6) is 0 Å². The lowest BCUT2D eigenvalue weighted by molar-refractivity contribution is 0.587. The van der Waals surface area contributed by atoms with Crippen LogP contribution in [-0.2, 0) is 10.0 Å². The molecule has 1 aromatic carbocycles. The number of nitrogens with two attached hydrogens (primary N) is 1. The lowest BCUT2D eigenvalue weighted by Gasteiger charge is -2.09. The second-order valence-electron chi connectivity index (χ2n) is 3.36. The zero-order chi connectivity index (χ0) is 12.5. The summed E-state index contributed by atoms with van der Waals surface area (Å²) in [6, 6.07) is 8.17. The molecule has 3 N–H and O–H groups in total. The van der Waals surface area contributed by atoms with Crippen molar-refractivity contribution >= 4 is 15.8 Å². The van der Waals surface area contributed by atoms with E-state index in [1.807, 2.05) is 0 Å². The molecule has 0 aliphatic carbocycles. The number of anilines is 1. The van der Waals surface area contributed by atoms with Gasteiger partial charge >= 0.3 is 0 Å². The molecule has 0 radical (unpaired) electrons. The van der Waals surface area contributed by atoms with E-state index in [1.165, 1.54) is 17.8 Å². The summed E-state index contributed by atoms with van der Waals surface area (Å²) >= 11 is 0. The molecule has 0 fully saturated rings. The predicted octanol–water partition coefficient (Wildman–Crippen LogP) is 0.363. The number of para-hydroxylation sites is 1. The fourth-order valence-corrected chi connectivity index (χ4v) is 2.37. The van der Waals surface area contributed by atoms with Crippen molar-refractivity contribution in [1.82, 2.24) is 14.5 Å². The Morgan fingerprint density at radius 2 is 2.00 bits per heavy atom. The molecule has 0 aliphatic rings. The Kier molecular flexibility index (Phi) is 2.86. The molecule has 0 aliphatic heterocycles. The summed E-state index contributed by atoms with van der Waals surface area (Å²) < 4.78 is 27.3. The standard InChI is InChI=1S/C10H12N4O2S/c1-12-17(15,16)9-5-3-2-4-8(9)14-7-6-10(11)13-14/h2-7,12H,1H3,(H2,11,13). The van der Waals surface area contributed by atoms with Crippen LogP contribution < -0.4 is 10.5 Å². The van der Waals surface area contributed by atoms with Crippen LogP contribution in [0.3, 0.4) is 0 Å². The summed E-state index contributed by atoms with van der Waals surface area (Å²) in [6.45, 7) is 0. The van der Waals surface area contributed by atoms with Crippen molar-refractivity contribution in [2.75, 3.05) is 12.8 Å². The predicted molar refractivity (Wildman–Crippen MR) is 64.2 cm³/mol. The molecule has 0 atom stereocenters. The van der Waals surface area contributed by atoms with E-state index in [1.54, 1.807) is 30.5 Å². The van der Waals surface area contributed by atoms with E-state index in [9.17, 15) is 8.42 Å². The average Bonchev–Trinajstić information content (AvgIpc) is 2.76. The first kappa shape index (κ1) is 11.6. The maximum absolute atomic E-state index is 11.8. The molecule has 90 valence electrons. The SMILES string of the molecule is CNS(=O)(=O)c1ccccc1-n1ccc(N)n1. The van der Waals surface area contributed by atoms with E-state index in [-0.39, 0.29) is 4.90 Å². The highest BCUT2D eigenvalue weighted by molar-refractivity contribution is 7.89. The van der Waals surface area contributed by atoms with Gasteiger partial charge in [0.25, 0.3) is 0 Å². The van der Waals surface area contributed by atoms with Crippen LogP contribution in [0.25, 0.3) is 5.69 Å². The molecule has 1 heterocycles. The molecule has 2 aromatic rings. The van der Waals surface area contributed by atoms with Gasteiger partial charge in [-0.05, 0) is 19.2 Å². The van der Waals surface area contributed by atoms with Crippen molar-refractivity contribution in [3.05, 3.63) is 36.5 Å². The van der Waals surface area contributed by atoms with Gasteiger partial charge in [0.05, 0.1) is 5.69 Å². The van der Waals surface area contributed by atoms with Gasteiger partial charge < -0.3 is 5.73 Å². The highest BCUT2D eigenvalue weighted by Crippen LogP contribution is 2.19. The Morgan fingerprint density at radius 3 is 2.59 bits per heavy atom. The molecule has 0 spiro atoms. The molecule has 6 nitrogen and oxygen atoms in total. The van der Waals surface area contributed by atoms with E-state index in [2.05, 4.69) is 9.82 Å². The van der Waals surface area contributed by atoms with Gasteiger partial charge in [0.15, 0.2) is 0 Å². The number of hydrogen-bond donors (Lipinski definition) is 2. The van der Waals surface area contributed by atoms with Crippen molar-refractivity contribution in [3.8, 4) is 5.69 Å². The van der Waals surface area contributed by atoms with E-state index < -0.39 is 10.0 Å². The summed E-state index contributed by atoms with van der Waals surface area (Å²) in [5.41, 5.74) is 5.97. The Bertz CT molecular complexity index is 633. The third kappa shape index (κ3) is 2.15. The lowest BCUT2D eigenvalue weighted by atomic mass is 10.3. The van der Waals surface area contributed by atoms with Gasteiger partial charge in [-0.15, -0.1) is 0 Å².